The second kappa shape index (κ2) is 7.25. The van der Waals surface area contributed by atoms with E-state index in [1.807, 2.05) is 0 Å². The number of ether oxygens (including phenoxy) is 1. The predicted octanol–water partition coefficient (Wildman–Crippen LogP) is 1.22. The van der Waals surface area contributed by atoms with Gasteiger partial charge in [0.25, 0.3) is 11.6 Å². The van der Waals surface area contributed by atoms with Gasteiger partial charge in [0.1, 0.15) is 5.75 Å². The first-order valence-corrected chi connectivity index (χ1v) is 5.89. The molecule has 0 aliphatic heterocycles. The van der Waals surface area contributed by atoms with Crippen molar-refractivity contribution < 1.29 is 19.6 Å². The van der Waals surface area contributed by atoms with Gasteiger partial charge in [0, 0.05) is 19.2 Å². The van der Waals surface area contributed by atoms with Gasteiger partial charge >= 0.3 is 0 Å². The zero-order valence-electron chi connectivity index (χ0n) is 11.1. The second-order valence-corrected chi connectivity index (χ2v) is 3.87. The van der Waals surface area contributed by atoms with Gasteiger partial charge in [0.15, 0.2) is 5.56 Å². The maximum atomic E-state index is 12.4. The summed E-state index contributed by atoms with van der Waals surface area (Å²) in [6, 6.07) is 4.16. The van der Waals surface area contributed by atoms with Crippen LogP contribution in [0, 0.1) is 10.1 Å². The molecule has 0 aliphatic carbocycles. The molecule has 0 heterocycles. The van der Waals surface area contributed by atoms with Crippen LogP contribution in [0.1, 0.15) is 10.4 Å². The Kier molecular flexibility index (Phi) is 5.67. The highest BCUT2D eigenvalue weighted by atomic mass is 16.6. The molecule has 1 aromatic carbocycles. The van der Waals surface area contributed by atoms with E-state index in [0.29, 0.717) is 0 Å². The number of nitrogens with zero attached hydrogens (tertiary/aromatic N) is 2. The summed E-state index contributed by atoms with van der Waals surface area (Å²) in [5.74, 6) is -0.459. The van der Waals surface area contributed by atoms with Gasteiger partial charge in [-0.25, -0.2) is 0 Å². The number of amides is 1. The topological polar surface area (TPSA) is 92.9 Å². The van der Waals surface area contributed by atoms with Gasteiger partial charge in [-0.1, -0.05) is 12.1 Å². The van der Waals surface area contributed by atoms with Crippen molar-refractivity contribution in [3.05, 3.63) is 46.5 Å². The van der Waals surface area contributed by atoms with E-state index in [1.165, 1.54) is 36.3 Å². The fourth-order valence-corrected chi connectivity index (χ4v) is 1.77. The molecule has 1 aromatic rings. The standard InChI is InChI=1S/C13H16N2O5/c1-3-7-14(8-9-16)13(17)12-10(15(18)19)5-4-6-11(12)20-2/h3-6,16H,1,7-9H2,2H3. The number of carbonyl (C=O) groups excluding carboxylic acids is 1. The smallest absolute Gasteiger partial charge is 0.285 e. The zero-order chi connectivity index (χ0) is 15.1. The SMILES string of the molecule is C=CCN(CCO)C(=O)c1c(OC)cccc1[N+](=O)[O-]. The van der Waals surface area contributed by atoms with E-state index in [4.69, 9.17) is 9.84 Å². The molecular formula is C13H16N2O5. The van der Waals surface area contributed by atoms with Crippen molar-refractivity contribution in [2.75, 3.05) is 26.8 Å². The Balaban J connectivity index is 3.30. The number of carbonyl (C=O) groups is 1. The number of aliphatic hydroxyl groups excluding tert-OH is 1. The monoisotopic (exact) mass is 280 g/mol. The van der Waals surface area contributed by atoms with E-state index < -0.39 is 10.8 Å². The normalized spacial score (nSPS) is 9.90. The van der Waals surface area contributed by atoms with Gasteiger partial charge in [-0.05, 0) is 6.07 Å². The van der Waals surface area contributed by atoms with E-state index in [1.54, 1.807) is 0 Å². The van der Waals surface area contributed by atoms with Crippen LogP contribution in [-0.2, 0) is 0 Å². The Morgan fingerprint density at radius 1 is 1.60 bits per heavy atom. The Hall–Kier alpha value is -2.41. The summed E-state index contributed by atoms with van der Waals surface area (Å²) in [6.45, 7) is 3.50. The quantitative estimate of drug-likeness (QED) is 0.460. The zero-order valence-corrected chi connectivity index (χ0v) is 11.1. The molecule has 0 spiro atoms. The van der Waals surface area contributed by atoms with Crippen LogP contribution in [0.25, 0.3) is 0 Å². The molecule has 0 saturated heterocycles. The van der Waals surface area contributed by atoms with Crippen LogP contribution in [0.15, 0.2) is 30.9 Å². The second-order valence-electron chi connectivity index (χ2n) is 3.87. The first kappa shape index (κ1) is 15.6. The molecule has 0 aromatic heterocycles. The van der Waals surface area contributed by atoms with E-state index in [-0.39, 0.29) is 36.7 Å². The minimum Gasteiger partial charge on any atom is -0.496 e. The highest BCUT2D eigenvalue weighted by Crippen LogP contribution is 2.29. The molecule has 7 nitrogen and oxygen atoms in total. The van der Waals surface area contributed by atoms with Gasteiger partial charge in [-0.2, -0.15) is 0 Å². The van der Waals surface area contributed by atoms with E-state index in [0.717, 1.165) is 0 Å². The minimum absolute atomic E-state index is 0.0556. The molecule has 20 heavy (non-hydrogen) atoms. The fourth-order valence-electron chi connectivity index (χ4n) is 1.77. The largest absolute Gasteiger partial charge is 0.496 e. The Morgan fingerprint density at radius 2 is 2.30 bits per heavy atom. The van der Waals surface area contributed by atoms with Crippen molar-refractivity contribution in [3.8, 4) is 5.75 Å². The van der Waals surface area contributed by atoms with Crippen LogP contribution in [0.2, 0.25) is 0 Å². The minimum atomic E-state index is -0.638. The molecule has 7 heteroatoms. The molecule has 0 aliphatic rings. The molecule has 0 bridgehead atoms. The number of rotatable bonds is 7. The average Bonchev–Trinajstić information content (AvgIpc) is 2.45. The maximum absolute atomic E-state index is 12.4. The van der Waals surface area contributed by atoms with Crippen LogP contribution in [0.3, 0.4) is 0 Å². The number of hydrogen-bond donors (Lipinski definition) is 1. The molecule has 108 valence electrons. The van der Waals surface area contributed by atoms with Crippen LogP contribution in [0.5, 0.6) is 5.75 Å². The number of benzene rings is 1. The maximum Gasteiger partial charge on any atom is 0.285 e. The number of nitro benzene ring substituents is 1. The number of nitro groups is 1. The van der Waals surface area contributed by atoms with Crippen LogP contribution < -0.4 is 4.74 Å². The number of methoxy groups -OCH3 is 1. The van der Waals surface area contributed by atoms with Crippen molar-refractivity contribution in [1.82, 2.24) is 4.90 Å². The molecule has 0 atom stereocenters. The molecule has 0 unspecified atom stereocenters. The summed E-state index contributed by atoms with van der Waals surface area (Å²) in [6.07, 6.45) is 1.48. The molecule has 1 N–H and O–H groups in total. The van der Waals surface area contributed by atoms with Crippen molar-refractivity contribution >= 4 is 11.6 Å². The first-order chi connectivity index (χ1) is 9.56. The van der Waals surface area contributed by atoms with Gasteiger partial charge in [0.2, 0.25) is 0 Å². The Morgan fingerprint density at radius 3 is 2.80 bits per heavy atom. The van der Waals surface area contributed by atoms with Gasteiger partial charge < -0.3 is 14.7 Å². The van der Waals surface area contributed by atoms with E-state index in [2.05, 4.69) is 6.58 Å². The summed E-state index contributed by atoms with van der Waals surface area (Å²) in [5.41, 5.74) is -0.461. The Bertz CT molecular complexity index is 515. The molecule has 1 amide bonds. The average molecular weight is 280 g/mol. The number of aliphatic hydroxyl groups is 1. The summed E-state index contributed by atoms with van der Waals surface area (Å²) in [7, 11) is 1.33. The summed E-state index contributed by atoms with van der Waals surface area (Å²) >= 11 is 0. The molecule has 0 saturated carbocycles. The van der Waals surface area contributed by atoms with Crippen molar-refractivity contribution in [2.45, 2.75) is 0 Å². The van der Waals surface area contributed by atoms with E-state index in [9.17, 15) is 14.9 Å². The lowest BCUT2D eigenvalue weighted by Crippen LogP contribution is -2.34. The molecule has 0 fully saturated rings. The lowest BCUT2D eigenvalue weighted by atomic mass is 10.1. The first-order valence-electron chi connectivity index (χ1n) is 5.89. The van der Waals surface area contributed by atoms with Crippen molar-refractivity contribution in [1.29, 1.82) is 0 Å². The lowest BCUT2D eigenvalue weighted by Gasteiger charge is -2.20. The lowest BCUT2D eigenvalue weighted by molar-refractivity contribution is -0.385. The molecular weight excluding hydrogens is 264 g/mol. The van der Waals surface area contributed by atoms with E-state index >= 15 is 0 Å². The Labute approximate surface area is 116 Å². The third-order valence-corrected chi connectivity index (χ3v) is 2.64. The number of hydrogen-bond acceptors (Lipinski definition) is 5. The molecule has 0 radical (unpaired) electrons. The fraction of sp³-hybridized carbons (Fsp3) is 0.308. The van der Waals surface area contributed by atoms with Crippen LogP contribution in [0.4, 0.5) is 5.69 Å². The highest BCUT2D eigenvalue weighted by Gasteiger charge is 2.28. The summed E-state index contributed by atoms with van der Waals surface area (Å²) in [4.78, 5) is 24.1. The third kappa shape index (κ3) is 3.33. The summed E-state index contributed by atoms with van der Waals surface area (Å²) in [5, 5.41) is 20.0. The van der Waals surface area contributed by atoms with Gasteiger partial charge in [0.05, 0.1) is 18.6 Å². The van der Waals surface area contributed by atoms with Crippen LogP contribution in [-0.4, -0.2) is 47.6 Å². The van der Waals surface area contributed by atoms with Gasteiger partial charge in [-0.3, -0.25) is 14.9 Å². The van der Waals surface area contributed by atoms with Gasteiger partial charge in [-0.15, -0.1) is 6.58 Å². The predicted molar refractivity (Wildman–Crippen MR) is 72.8 cm³/mol. The third-order valence-electron chi connectivity index (χ3n) is 2.64. The van der Waals surface area contributed by atoms with Crippen molar-refractivity contribution in [3.63, 3.8) is 0 Å². The van der Waals surface area contributed by atoms with Crippen LogP contribution >= 0.6 is 0 Å². The van der Waals surface area contributed by atoms with Crippen molar-refractivity contribution in [2.24, 2.45) is 0 Å². The summed E-state index contributed by atoms with van der Waals surface area (Å²) < 4.78 is 5.02. The highest BCUT2D eigenvalue weighted by molar-refractivity contribution is 6.01. The molecule has 1 rings (SSSR count).